The van der Waals surface area contributed by atoms with Gasteiger partial charge in [-0.2, -0.15) is 0 Å². The average molecular weight is 260 g/mol. The summed E-state index contributed by atoms with van der Waals surface area (Å²) in [4.78, 5) is 0. The van der Waals surface area contributed by atoms with Crippen LogP contribution in [0.5, 0.6) is 0 Å². The van der Waals surface area contributed by atoms with Crippen molar-refractivity contribution in [2.45, 2.75) is 18.9 Å². The Morgan fingerprint density at radius 2 is 1.50 bits per heavy atom. The van der Waals surface area contributed by atoms with Gasteiger partial charge in [-0.1, -0.05) is 54.6 Å². The quantitative estimate of drug-likeness (QED) is 0.852. The van der Waals surface area contributed by atoms with Crippen LogP contribution in [0.25, 0.3) is 11.1 Å². The SMILES string of the molecule is Cl.c1ccc(-c2ccc([C@H]3CCCN3)cc2)cc1. The third kappa shape index (κ3) is 2.74. The summed E-state index contributed by atoms with van der Waals surface area (Å²) in [7, 11) is 0. The van der Waals surface area contributed by atoms with Gasteiger partial charge in [0.2, 0.25) is 0 Å². The molecule has 1 aliphatic heterocycles. The number of hydrogen-bond donors (Lipinski definition) is 1. The lowest BCUT2D eigenvalue weighted by molar-refractivity contribution is 0.648. The van der Waals surface area contributed by atoms with E-state index in [4.69, 9.17) is 0 Å². The highest BCUT2D eigenvalue weighted by atomic mass is 35.5. The Bertz CT molecular complexity index is 472. The van der Waals surface area contributed by atoms with Gasteiger partial charge in [-0.15, -0.1) is 12.4 Å². The van der Waals surface area contributed by atoms with Crippen LogP contribution < -0.4 is 5.32 Å². The summed E-state index contributed by atoms with van der Waals surface area (Å²) >= 11 is 0. The van der Waals surface area contributed by atoms with Gasteiger partial charge in [0.25, 0.3) is 0 Å². The molecule has 0 spiro atoms. The van der Waals surface area contributed by atoms with Gasteiger partial charge in [0.15, 0.2) is 0 Å². The van der Waals surface area contributed by atoms with Gasteiger partial charge >= 0.3 is 0 Å². The highest BCUT2D eigenvalue weighted by molar-refractivity contribution is 5.85. The Morgan fingerprint density at radius 3 is 2.11 bits per heavy atom. The van der Waals surface area contributed by atoms with E-state index < -0.39 is 0 Å². The van der Waals surface area contributed by atoms with Crippen LogP contribution in [0, 0.1) is 0 Å². The Labute approximate surface area is 115 Å². The van der Waals surface area contributed by atoms with Crippen molar-refractivity contribution in [3.05, 3.63) is 60.2 Å². The first-order chi connectivity index (χ1) is 8.43. The van der Waals surface area contributed by atoms with E-state index in [9.17, 15) is 0 Å². The Hall–Kier alpha value is -1.31. The Balaban J connectivity index is 0.00000120. The van der Waals surface area contributed by atoms with Gasteiger partial charge < -0.3 is 5.32 Å². The minimum Gasteiger partial charge on any atom is -0.310 e. The van der Waals surface area contributed by atoms with E-state index in [2.05, 4.69) is 59.9 Å². The molecule has 0 aliphatic carbocycles. The summed E-state index contributed by atoms with van der Waals surface area (Å²) in [6.07, 6.45) is 2.57. The molecule has 2 aromatic rings. The van der Waals surface area contributed by atoms with Gasteiger partial charge in [-0.3, -0.25) is 0 Å². The van der Waals surface area contributed by atoms with E-state index in [0.29, 0.717) is 6.04 Å². The summed E-state index contributed by atoms with van der Waals surface area (Å²) in [5.74, 6) is 0. The molecule has 1 aliphatic rings. The smallest absolute Gasteiger partial charge is 0.0320 e. The van der Waals surface area contributed by atoms with Gasteiger partial charge in [0, 0.05) is 6.04 Å². The van der Waals surface area contributed by atoms with Gasteiger partial charge in [-0.05, 0) is 36.1 Å². The molecular weight excluding hydrogens is 242 g/mol. The minimum atomic E-state index is 0. The van der Waals surface area contributed by atoms with Gasteiger partial charge in [-0.25, -0.2) is 0 Å². The standard InChI is InChI=1S/C16H17N.ClH/c1-2-5-13(6-3-1)14-8-10-15(11-9-14)16-7-4-12-17-16;/h1-3,5-6,8-11,16-17H,4,7,12H2;1H/t16-;/m1./s1. The number of hydrogen-bond acceptors (Lipinski definition) is 1. The number of rotatable bonds is 2. The Morgan fingerprint density at radius 1 is 0.833 bits per heavy atom. The predicted octanol–water partition coefficient (Wildman–Crippen LogP) is 4.20. The summed E-state index contributed by atoms with van der Waals surface area (Å²) in [5.41, 5.74) is 4.01. The summed E-state index contributed by atoms with van der Waals surface area (Å²) in [5, 5.41) is 3.53. The van der Waals surface area contributed by atoms with Crippen LogP contribution in [0.4, 0.5) is 0 Å². The van der Waals surface area contributed by atoms with Crippen LogP contribution in [0.2, 0.25) is 0 Å². The Kier molecular flexibility index (Phi) is 4.40. The zero-order chi connectivity index (χ0) is 11.5. The molecule has 2 aromatic carbocycles. The fraction of sp³-hybridized carbons (Fsp3) is 0.250. The average Bonchev–Trinajstić information content (AvgIpc) is 2.94. The van der Waals surface area contributed by atoms with Crippen molar-refractivity contribution in [1.82, 2.24) is 5.32 Å². The topological polar surface area (TPSA) is 12.0 Å². The molecule has 94 valence electrons. The van der Waals surface area contributed by atoms with Crippen LogP contribution in [-0.4, -0.2) is 6.54 Å². The first kappa shape index (κ1) is 13.1. The maximum atomic E-state index is 3.53. The van der Waals surface area contributed by atoms with E-state index >= 15 is 0 Å². The van der Waals surface area contributed by atoms with Gasteiger partial charge in [0.05, 0.1) is 0 Å². The maximum Gasteiger partial charge on any atom is 0.0320 e. The largest absolute Gasteiger partial charge is 0.310 e. The second kappa shape index (κ2) is 6.03. The highest BCUT2D eigenvalue weighted by Crippen LogP contribution is 2.26. The zero-order valence-electron chi connectivity index (χ0n) is 10.3. The molecule has 18 heavy (non-hydrogen) atoms. The molecule has 1 nitrogen and oxygen atoms in total. The molecule has 0 amide bonds. The molecular formula is C16H18ClN. The van der Waals surface area contributed by atoms with Crippen molar-refractivity contribution in [3.8, 4) is 11.1 Å². The number of nitrogens with one attached hydrogen (secondary N) is 1. The normalized spacial score (nSPS) is 18.3. The molecule has 1 N–H and O–H groups in total. The lowest BCUT2D eigenvalue weighted by Gasteiger charge is -2.11. The predicted molar refractivity (Wildman–Crippen MR) is 79.1 cm³/mol. The highest BCUT2D eigenvalue weighted by Gasteiger charge is 2.15. The third-order valence-electron chi connectivity index (χ3n) is 3.48. The van der Waals surface area contributed by atoms with Crippen molar-refractivity contribution in [2.75, 3.05) is 6.54 Å². The molecule has 0 aromatic heterocycles. The van der Waals surface area contributed by atoms with Gasteiger partial charge in [0.1, 0.15) is 0 Å². The van der Waals surface area contributed by atoms with E-state index in [0.717, 1.165) is 6.54 Å². The lowest BCUT2D eigenvalue weighted by atomic mass is 10.0. The lowest BCUT2D eigenvalue weighted by Crippen LogP contribution is -2.12. The van der Waals surface area contributed by atoms with E-state index in [-0.39, 0.29) is 12.4 Å². The first-order valence-corrected chi connectivity index (χ1v) is 6.32. The molecule has 1 fully saturated rings. The van der Waals surface area contributed by atoms with E-state index in [1.165, 1.54) is 29.5 Å². The molecule has 0 radical (unpaired) electrons. The monoisotopic (exact) mass is 259 g/mol. The first-order valence-electron chi connectivity index (χ1n) is 6.32. The van der Waals surface area contributed by atoms with Crippen LogP contribution in [0.1, 0.15) is 24.4 Å². The molecule has 1 heterocycles. The second-order valence-corrected chi connectivity index (χ2v) is 4.64. The minimum absolute atomic E-state index is 0. The van der Waals surface area contributed by atoms with Crippen molar-refractivity contribution in [1.29, 1.82) is 0 Å². The van der Waals surface area contributed by atoms with Crippen molar-refractivity contribution >= 4 is 12.4 Å². The third-order valence-corrected chi connectivity index (χ3v) is 3.48. The zero-order valence-corrected chi connectivity index (χ0v) is 11.1. The molecule has 0 unspecified atom stereocenters. The molecule has 3 rings (SSSR count). The molecule has 0 bridgehead atoms. The molecule has 0 saturated carbocycles. The molecule has 2 heteroatoms. The van der Waals surface area contributed by atoms with E-state index in [1.54, 1.807) is 0 Å². The summed E-state index contributed by atoms with van der Waals surface area (Å²) in [6.45, 7) is 1.16. The van der Waals surface area contributed by atoms with Crippen LogP contribution in [0.15, 0.2) is 54.6 Å². The van der Waals surface area contributed by atoms with Crippen molar-refractivity contribution < 1.29 is 0 Å². The van der Waals surface area contributed by atoms with Crippen LogP contribution in [-0.2, 0) is 0 Å². The number of halogens is 1. The van der Waals surface area contributed by atoms with Crippen LogP contribution >= 0.6 is 12.4 Å². The maximum absolute atomic E-state index is 3.53. The fourth-order valence-electron chi connectivity index (χ4n) is 2.51. The van der Waals surface area contributed by atoms with Crippen molar-refractivity contribution in [3.63, 3.8) is 0 Å². The summed E-state index contributed by atoms with van der Waals surface area (Å²) < 4.78 is 0. The van der Waals surface area contributed by atoms with Crippen molar-refractivity contribution in [2.24, 2.45) is 0 Å². The van der Waals surface area contributed by atoms with E-state index in [1.807, 2.05) is 0 Å². The number of benzene rings is 2. The summed E-state index contributed by atoms with van der Waals surface area (Å²) in [6, 6.07) is 20.1. The fourth-order valence-corrected chi connectivity index (χ4v) is 2.51. The van der Waals surface area contributed by atoms with Crippen LogP contribution in [0.3, 0.4) is 0 Å². The molecule has 1 atom stereocenters. The molecule has 1 saturated heterocycles. The second-order valence-electron chi connectivity index (χ2n) is 4.64.